The van der Waals surface area contributed by atoms with E-state index in [4.69, 9.17) is 0 Å². The minimum atomic E-state index is 0.197. The first-order valence-electron chi connectivity index (χ1n) is 8.34. The summed E-state index contributed by atoms with van der Waals surface area (Å²) < 4.78 is 0. The van der Waals surface area contributed by atoms with Crippen LogP contribution in [0.4, 0.5) is 4.79 Å². The number of aromatic amines is 1. The van der Waals surface area contributed by atoms with Crippen molar-refractivity contribution in [3.63, 3.8) is 0 Å². The lowest BCUT2D eigenvalue weighted by Crippen LogP contribution is -2.46. The molecule has 2 amide bonds. The number of likely N-dealkylation sites (tertiary alicyclic amines) is 1. The number of hydrogen-bond acceptors (Lipinski definition) is 1. The number of para-hydroxylation sites is 1. The number of fused-ring (bicyclic) bond motifs is 1. The van der Waals surface area contributed by atoms with Crippen LogP contribution in [0.3, 0.4) is 0 Å². The predicted octanol–water partition coefficient (Wildman–Crippen LogP) is 3.81. The number of aromatic nitrogens is 1. The first-order chi connectivity index (χ1) is 10.7. The molecule has 0 unspecified atom stereocenters. The third-order valence-electron chi connectivity index (χ3n) is 4.86. The van der Waals surface area contributed by atoms with Crippen LogP contribution >= 0.6 is 0 Å². The molecule has 0 bridgehead atoms. The summed E-state index contributed by atoms with van der Waals surface area (Å²) in [6, 6.07) is 8.67. The van der Waals surface area contributed by atoms with E-state index < -0.39 is 0 Å². The fraction of sp³-hybridized carbons (Fsp3) is 0.500. The van der Waals surface area contributed by atoms with Crippen molar-refractivity contribution in [2.45, 2.75) is 32.6 Å². The molecule has 1 fully saturated rings. The fourth-order valence-electron chi connectivity index (χ4n) is 3.51. The van der Waals surface area contributed by atoms with Crippen molar-refractivity contribution in [2.24, 2.45) is 0 Å². The average Bonchev–Trinajstić information content (AvgIpc) is 3.00. The molecule has 3 rings (SSSR count). The topological polar surface area (TPSA) is 39.3 Å². The molecular formula is C18H25N3O. The monoisotopic (exact) mass is 299 g/mol. The molecule has 1 aromatic heterocycles. The Morgan fingerprint density at radius 2 is 1.91 bits per heavy atom. The maximum absolute atomic E-state index is 12.4. The lowest BCUT2D eigenvalue weighted by molar-refractivity contribution is 0.144. The van der Waals surface area contributed by atoms with Crippen LogP contribution in [0.25, 0.3) is 10.9 Å². The number of H-pyrrole nitrogens is 1. The fourth-order valence-corrected chi connectivity index (χ4v) is 3.51. The highest BCUT2D eigenvalue weighted by Crippen LogP contribution is 2.33. The predicted molar refractivity (Wildman–Crippen MR) is 90.2 cm³/mol. The van der Waals surface area contributed by atoms with Gasteiger partial charge >= 0.3 is 6.03 Å². The molecule has 0 aliphatic carbocycles. The number of benzene rings is 1. The van der Waals surface area contributed by atoms with Crippen LogP contribution in [0, 0.1) is 0 Å². The Bertz CT molecular complexity index is 637. The van der Waals surface area contributed by atoms with E-state index >= 15 is 0 Å². The van der Waals surface area contributed by atoms with Gasteiger partial charge in [0.1, 0.15) is 0 Å². The minimum Gasteiger partial charge on any atom is -0.361 e. The molecule has 1 aliphatic heterocycles. The molecule has 118 valence electrons. The first-order valence-corrected chi connectivity index (χ1v) is 8.34. The number of piperidine rings is 1. The number of nitrogens with one attached hydrogen (secondary N) is 1. The van der Waals surface area contributed by atoms with Gasteiger partial charge in [0.15, 0.2) is 0 Å². The lowest BCUT2D eigenvalue weighted by Gasteiger charge is -2.35. The standard InChI is InChI=1S/C18H25N3O/c1-3-20(4-2)18(22)21-11-9-14(10-12-21)16-13-19-17-8-6-5-7-15(16)17/h5-8,13-14,19H,3-4,9-12H2,1-2H3. The summed E-state index contributed by atoms with van der Waals surface area (Å²) >= 11 is 0. The minimum absolute atomic E-state index is 0.197. The van der Waals surface area contributed by atoms with E-state index in [9.17, 15) is 4.79 Å². The van der Waals surface area contributed by atoms with Crippen LogP contribution < -0.4 is 0 Å². The van der Waals surface area contributed by atoms with Gasteiger partial charge in [0.2, 0.25) is 0 Å². The second kappa shape index (κ2) is 6.42. The Morgan fingerprint density at radius 3 is 2.59 bits per heavy atom. The lowest BCUT2D eigenvalue weighted by atomic mass is 9.89. The molecule has 1 saturated heterocycles. The molecule has 0 atom stereocenters. The molecule has 0 spiro atoms. The molecule has 0 saturated carbocycles. The quantitative estimate of drug-likeness (QED) is 0.919. The summed E-state index contributed by atoms with van der Waals surface area (Å²) in [6.45, 7) is 7.38. The van der Waals surface area contributed by atoms with Crippen molar-refractivity contribution in [3.05, 3.63) is 36.0 Å². The van der Waals surface area contributed by atoms with Gasteiger partial charge in [0, 0.05) is 43.3 Å². The number of carbonyl (C=O) groups excluding carboxylic acids is 1. The van der Waals surface area contributed by atoms with E-state index in [1.807, 2.05) is 23.6 Å². The second-order valence-corrected chi connectivity index (χ2v) is 6.01. The molecule has 4 nitrogen and oxygen atoms in total. The van der Waals surface area contributed by atoms with Gasteiger partial charge in [-0.1, -0.05) is 18.2 Å². The van der Waals surface area contributed by atoms with Gasteiger partial charge in [-0.15, -0.1) is 0 Å². The van der Waals surface area contributed by atoms with Crippen LogP contribution in [0.5, 0.6) is 0 Å². The average molecular weight is 299 g/mol. The van der Waals surface area contributed by atoms with Crippen molar-refractivity contribution < 1.29 is 4.79 Å². The smallest absolute Gasteiger partial charge is 0.319 e. The largest absolute Gasteiger partial charge is 0.361 e. The van der Waals surface area contributed by atoms with Crippen molar-refractivity contribution in [2.75, 3.05) is 26.2 Å². The summed E-state index contributed by atoms with van der Waals surface area (Å²) in [4.78, 5) is 19.7. The Kier molecular flexibility index (Phi) is 4.36. The van der Waals surface area contributed by atoms with Gasteiger partial charge in [0.25, 0.3) is 0 Å². The molecule has 2 aromatic rings. The summed E-state index contributed by atoms with van der Waals surface area (Å²) in [5.74, 6) is 0.553. The van der Waals surface area contributed by atoms with E-state index in [2.05, 4.69) is 35.4 Å². The molecular weight excluding hydrogens is 274 g/mol. The Balaban J connectivity index is 1.68. The molecule has 2 heterocycles. The zero-order chi connectivity index (χ0) is 15.5. The van der Waals surface area contributed by atoms with Crippen molar-refractivity contribution in [1.82, 2.24) is 14.8 Å². The molecule has 4 heteroatoms. The van der Waals surface area contributed by atoms with Crippen LogP contribution in [-0.4, -0.2) is 47.0 Å². The van der Waals surface area contributed by atoms with Crippen molar-refractivity contribution in [3.8, 4) is 0 Å². The van der Waals surface area contributed by atoms with Crippen molar-refractivity contribution in [1.29, 1.82) is 0 Å². The number of amides is 2. The normalized spacial score (nSPS) is 16.2. The van der Waals surface area contributed by atoms with Crippen LogP contribution in [0.15, 0.2) is 30.5 Å². The zero-order valence-corrected chi connectivity index (χ0v) is 13.5. The number of urea groups is 1. The van der Waals surface area contributed by atoms with Crippen LogP contribution in [-0.2, 0) is 0 Å². The van der Waals surface area contributed by atoms with Crippen molar-refractivity contribution >= 4 is 16.9 Å². The highest BCUT2D eigenvalue weighted by Gasteiger charge is 2.27. The molecule has 22 heavy (non-hydrogen) atoms. The SMILES string of the molecule is CCN(CC)C(=O)N1CCC(c2c[nH]c3ccccc23)CC1. The number of rotatable bonds is 3. The maximum Gasteiger partial charge on any atom is 0.319 e. The molecule has 1 aliphatic rings. The van der Waals surface area contributed by atoms with E-state index in [-0.39, 0.29) is 6.03 Å². The third-order valence-corrected chi connectivity index (χ3v) is 4.86. The first kappa shape index (κ1) is 14.9. The Labute approximate surface area is 132 Å². The summed E-state index contributed by atoms with van der Waals surface area (Å²) in [6.07, 6.45) is 4.25. The number of hydrogen-bond donors (Lipinski definition) is 1. The van der Waals surface area contributed by atoms with Crippen LogP contribution in [0.2, 0.25) is 0 Å². The van der Waals surface area contributed by atoms with E-state index in [1.165, 1.54) is 16.5 Å². The Morgan fingerprint density at radius 1 is 1.23 bits per heavy atom. The van der Waals surface area contributed by atoms with Gasteiger partial charge in [-0.25, -0.2) is 4.79 Å². The molecule has 1 aromatic carbocycles. The Hall–Kier alpha value is -1.97. The van der Waals surface area contributed by atoms with Gasteiger partial charge in [-0.2, -0.15) is 0 Å². The van der Waals surface area contributed by atoms with E-state index in [0.29, 0.717) is 5.92 Å². The molecule has 1 N–H and O–H groups in total. The second-order valence-electron chi connectivity index (χ2n) is 6.01. The van der Waals surface area contributed by atoms with E-state index in [1.54, 1.807) is 0 Å². The van der Waals surface area contributed by atoms with Gasteiger partial charge in [-0.3, -0.25) is 0 Å². The summed E-state index contributed by atoms with van der Waals surface area (Å²) in [7, 11) is 0. The van der Waals surface area contributed by atoms with Gasteiger partial charge in [0.05, 0.1) is 0 Å². The summed E-state index contributed by atoms with van der Waals surface area (Å²) in [5.41, 5.74) is 2.62. The van der Waals surface area contributed by atoms with Gasteiger partial charge in [-0.05, 0) is 44.2 Å². The van der Waals surface area contributed by atoms with Gasteiger partial charge < -0.3 is 14.8 Å². The zero-order valence-electron chi connectivity index (χ0n) is 13.5. The highest BCUT2D eigenvalue weighted by molar-refractivity contribution is 5.83. The number of carbonyl (C=O) groups is 1. The third kappa shape index (κ3) is 2.70. The van der Waals surface area contributed by atoms with E-state index in [0.717, 1.165) is 39.0 Å². The number of nitrogens with zero attached hydrogens (tertiary/aromatic N) is 2. The maximum atomic E-state index is 12.4. The summed E-state index contributed by atoms with van der Waals surface area (Å²) in [5, 5.41) is 1.33. The molecule has 0 radical (unpaired) electrons. The highest BCUT2D eigenvalue weighted by atomic mass is 16.2. The van der Waals surface area contributed by atoms with Crippen LogP contribution in [0.1, 0.15) is 38.2 Å².